The first-order valence-corrected chi connectivity index (χ1v) is 9.43. The number of aromatic nitrogens is 1. The zero-order chi connectivity index (χ0) is 17.7. The average molecular weight is 346 g/mol. The molecule has 5 nitrogen and oxygen atoms in total. The Balaban J connectivity index is 2.14. The van der Waals surface area contributed by atoms with Gasteiger partial charge in [-0.1, -0.05) is 0 Å². The summed E-state index contributed by atoms with van der Waals surface area (Å²) in [4.78, 5) is 3.25. The molecule has 1 heterocycles. The van der Waals surface area contributed by atoms with Gasteiger partial charge in [-0.3, -0.25) is 0 Å². The van der Waals surface area contributed by atoms with Crippen molar-refractivity contribution in [2.24, 2.45) is 0 Å². The predicted molar refractivity (Wildman–Crippen MR) is 95.4 cm³/mol. The van der Waals surface area contributed by atoms with Gasteiger partial charge in [0.05, 0.1) is 13.4 Å². The minimum Gasteiger partial charge on any atom is -0.497 e. The molecule has 0 atom stereocenters. The molecule has 1 N–H and O–H groups in total. The molecule has 2 aromatic rings. The van der Waals surface area contributed by atoms with Crippen molar-refractivity contribution in [1.82, 2.24) is 9.29 Å². The Labute approximate surface area is 143 Å². The third kappa shape index (κ3) is 4.80. The first-order valence-electron chi connectivity index (χ1n) is 7.58. The van der Waals surface area contributed by atoms with E-state index < -0.39 is 10.0 Å². The van der Waals surface area contributed by atoms with Gasteiger partial charge in [0.25, 0.3) is 0 Å². The summed E-state index contributed by atoms with van der Waals surface area (Å²) >= 11 is 0. The molecule has 24 heavy (non-hydrogen) atoms. The largest absolute Gasteiger partial charge is 0.497 e. The lowest BCUT2D eigenvalue weighted by molar-refractivity contribution is 0.415. The second-order valence-electron chi connectivity index (χ2n) is 5.66. The lowest BCUT2D eigenvalue weighted by Gasteiger charge is -2.14. The molecule has 0 bridgehead atoms. The molecule has 0 unspecified atom stereocenters. The molecule has 0 radical (unpaired) electrons. The summed E-state index contributed by atoms with van der Waals surface area (Å²) in [6.45, 7) is 4.30. The second kappa shape index (κ2) is 7.45. The number of ether oxygens (including phenoxy) is 1. The normalized spacial score (nSPS) is 10.8. The number of nitrogens with zero attached hydrogens (tertiary/aromatic N) is 1. The van der Waals surface area contributed by atoms with E-state index in [1.54, 1.807) is 31.4 Å². The number of rotatable bonds is 5. The van der Waals surface area contributed by atoms with Gasteiger partial charge >= 0.3 is 0 Å². The van der Waals surface area contributed by atoms with Gasteiger partial charge in [0.15, 0.2) is 0 Å². The number of hydrogen-bond acceptors (Lipinski definition) is 3. The molecule has 0 aliphatic carbocycles. The summed E-state index contributed by atoms with van der Waals surface area (Å²) in [6, 6.07) is 12.0. The van der Waals surface area contributed by atoms with Gasteiger partial charge in [-0.25, -0.2) is 12.7 Å². The first-order chi connectivity index (χ1) is 11.3. The van der Waals surface area contributed by atoms with E-state index in [2.05, 4.69) is 16.9 Å². The van der Waals surface area contributed by atoms with E-state index in [0.29, 0.717) is 13.0 Å². The van der Waals surface area contributed by atoms with Crippen LogP contribution in [0.15, 0.2) is 30.3 Å². The molecule has 128 valence electrons. The Kier molecular flexibility index (Phi) is 5.58. The van der Waals surface area contributed by atoms with E-state index in [0.717, 1.165) is 28.3 Å². The number of benzene rings is 1. The fourth-order valence-corrected chi connectivity index (χ4v) is 3.00. The van der Waals surface area contributed by atoms with Crippen LogP contribution >= 0.6 is 0 Å². The van der Waals surface area contributed by atoms with Gasteiger partial charge in [0.2, 0.25) is 10.0 Å². The molecule has 0 amide bonds. The molecule has 0 spiro atoms. The SMILES string of the molecule is COc1ccc(C#CN(CCc2[nH]c(C)cc2C)S(C)(=O)=O)cc1. The fourth-order valence-electron chi connectivity index (χ4n) is 2.36. The third-order valence-electron chi connectivity index (χ3n) is 3.64. The van der Waals surface area contributed by atoms with Crippen LogP contribution in [0.1, 0.15) is 22.5 Å². The maximum Gasteiger partial charge on any atom is 0.238 e. The standard InChI is InChI=1S/C18H22N2O3S/c1-14-13-15(2)19-18(14)10-12-20(24(4,21)22)11-9-16-5-7-17(23-3)8-6-16/h5-8,13,19H,10,12H2,1-4H3. The van der Waals surface area contributed by atoms with Crippen LogP contribution in [0.2, 0.25) is 0 Å². The van der Waals surface area contributed by atoms with Crippen LogP contribution in [0.25, 0.3) is 0 Å². The van der Waals surface area contributed by atoms with E-state index in [1.807, 2.05) is 19.9 Å². The van der Waals surface area contributed by atoms with Crippen LogP contribution in [0.5, 0.6) is 5.75 Å². The Morgan fingerprint density at radius 1 is 1.21 bits per heavy atom. The van der Waals surface area contributed by atoms with Gasteiger partial charge in [0, 0.05) is 36.0 Å². The summed E-state index contributed by atoms with van der Waals surface area (Å²) in [6.07, 6.45) is 1.76. The first kappa shape index (κ1) is 18.0. The number of sulfonamides is 1. The van der Waals surface area contributed by atoms with Crippen molar-refractivity contribution in [1.29, 1.82) is 0 Å². The van der Waals surface area contributed by atoms with Crippen molar-refractivity contribution in [3.05, 3.63) is 52.8 Å². The highest BCUT2D eigenvalue weighted by Crippen LogP contribution is 2.12. The minimum absolute atomic E-state index is 0.308. The number of H-pyrrole nitrogens is 1. The van der Waals surface area contributed by atoms with Crippen molar-refractivity contribution < 1.29 is 13.2 Å². The highest BCUT2D eigenvalue weighted by molar-refractivity contribution is 7.88. The molecule has 6 heteroatoms. The maximum atomic E-state index is 12.0. The lowest BCUT2D eigenvalue weighted by Crippen LogP contribution is -2.27. The van der Waals surface area contributed by atoms with Gasteiger partial charge in [-0.15, -0.1) is 0 Å². The van der Waals surface area contributed by atoms with Crippen LogP contribution < -0.4 is 4.74 Å². The molecule has 1 aromatic carbocycles. The monoisotopic (exact) mass is 346 g/mol. The van der Waals surface area contributed by atoms with Crippen molar-refractivity contribution in [2.75, 3.05) is 19.9 Å². The summed E-state index contributed by atoms with van der Waals surface area (Å²) in [5.74, 6) is 3.62. The highest BCUT2D eigenvalue weighted by Gasteiger charge is 2.13. The Hall–Kier alpha value is -2.39. The van der Waals surface area contributed by atoms with Crippen molar-refractivity contribution in [3.63, 3.8) is 0 Å². The molecule has 0 aliphatic rings. The second-order valence-corrected chi connectivity index (χ2v) is 7.57. The number of nitrogens with one attached hydrogen (secondary N) is 1. The van der Waals surface area contributed by atoms with Crippen LogP contribution in [-0.2, 0) is 16.4 Å². The Morgan fingerprint density at radius 2 is 1.88 bits per heavy atom. The topological polar surface area (TPSA) is 62.4 Å². The van der Waals surface area contributed by atoms with Crippen molar-refractivity contribution in [2.45, 2.75) is 20.3 Å². The number of aryl methyl sites for hydroxylation is 2. The summed E-state index contributed by atoms with van der Waals surface area (Å²) < 4.78 is 30.2. The summed E-state index contributed by atoms with van der Waals surface area (Å²) in [5.41, 5.74) is 3.96. The molecule has 1 aromatic heterocycles. The fraction of sp³-hybridized carbons (Fsp3) is 0.333. The molecule has 0 fully saturated rings. The summed E-state index contributed by atoms with van der Waals surface area (Å²) in [7, 11) is -1.81. The van der Waals surface area contributed by atoms with Crippen LogP contribution in [0, 0.1) is 25.8 Å². The molecule has 0 saturated carbocycles. The predicted octanol–water partition coefficient (Wildman–Crippen LogP) is 2.45. The van der Waals surface area contributed by atoms with Crippen LogP contribution in [0.4, 0.5) is 0 Å². The van der Waals surface area contributed by atoms with Crippen LogP contribution in [-0.4, -0.2) is 37.6 Å². The van der Waals surface area contributed by atoms with E-state index in [9.17, 15) is 8.42 Å². The smallest absolute Gasteiger partial charge is 0.238 e. The van der Waals surface area contributed by atoms with Gasteiger partial charge in [-0.05, 0) is 55.7 Å². The highest BCUT2D eigenvalue weighted by atomic mass is 32.2. The molecule has 0 aliphatic heterocycles. The zero-order valence-electron chi connectivity index (χ0n) is 14.4. The molecular weight excluding hydrogens is 324 g/mol. The number of hydrogen-bond donors (Lipinski definition) is 1. The number of methoxy groups -OCH3 is 1. The van der Waals surface area contributed by atoms with E-state index >= 15 is 0 Å². The van der Waals surface area contributed by atoms with Gasteiger partial charge < -0.3 is 9.72 Å². The Morgan fingerprint density at radius 3 is 2.38 bits per heavy atom. The molecule has 0 saturated heterocycles. The van der Waals surface area contributed by atoms with Crippen LogP contribution in [0.3, 0.4) is 0 Å². The van der Waals surface area contributed by atoms with E-state index in [1.165, 1.54) is 10.6 Å². The lowest BCUT2D eigenvalue weighted by atomic mass is 10.2. The maximum absolute atomic E-state index is 12.0. The quantitative estimate of drug-likeness (QED) is 0.668. The minimum atomic E-state index is -3.40. The molecular formula is C18H22N2O3S. The molecule has 2 rings (SSSR count). The summed E-state index contributed by atoms with van der Waals surface area (Å²) in [5, 5.41) is 0. The Bertz CT molecular complexity index is 856. The third-order valence-corrected chi connectivity index (χ3v) is 4.71. The van der Waals surface area contributed by atoms with Gasteiger partial charge in [-0.2, -0.15) is 0 Å². The number of aromatic amines is 1. The van der Waals surface area contributed by atoms with E-state index in [4.69, 9.17) is 4.74 Å². The van der Waals surface area contributed by atoms with Crippen molar-refractivity contribution in [3.8, 4) is 17.7 Å². The average Bonchev–Trinajstić information content (AvgIpc) is 2.84. The zero-order valence-corrected chi connectivity index (χ0v) is 15.2. The van der Waals surface area contributed by atoms with E-state index in [-0.39, 0.29) is 0 Å². The van der Waals surface area contributed by atoms with Gasteiger partial charge in [0.1, 0.15) is 5.75 Å². The van der Waals surface area contributed by atoms with Crippen molar-refractivity contribution >= 4 is 10.0 Å².